The Labute approximate surface area is 148 Å². The number of halogens is 3. The first kappa shape index (κ1) is 18.2. The summed E-state index contributed by atoms with van der Waals surface area (Å²) in [5.41, 5.74) is 1.26. The van der Waals surface area contributed by atoms with E-state index in [0.29, 0.717) is 22.8 Å². The van der Waals surface area contributed by atoms with Crippen LogP contribution in [-0.2, 0) is 4.74 Å². The summed E-state index contributed by atoms with van der Waals surface area (Å²) in [5, 5.41) is 0. The van der Waals surface area contributed by atoms with Crippen molar-refractivity contribution in [1.29, 1.82) is 0 Å². The van der Waals surface area contributed by atoms with Crippen LogP contribution in [0.4, 0.5) is 19.0 Å². The summed E-state index contributed by atoms with van der Waals surface area (Å²) >= 11 is 0. The van der Waals surface area contributed by atoms with Crippen molar-refractivity contribution in [3.8, 4) is 11.3 Å². The first-order chi connectivity index (χ1) is 12.3. The second-order valence-corrected chi connectivity index (χ2v) is 6.17. The van der Waals surface area contributed by atoms with Gasteiger partial charge in [0, 0.05) is 31.5 Å². The van der Waals surface area contributed by atoms with Crippen molar-refractivity contribution in [3.63, 3.8) is 0 Å². The molecule has 1 aliphatic heterocycles. The van der Waals surface area contributed by atoms with Gasteiger partial charge in [-0.15, -0.1) is 0 Å². The van der Waals surface area contributed by atoms with Crippen LogP contribution in [0.5, 0.6) is 0 Å². The number of hydrogen-bond donors (Lipinski definition) is 0. The fourth-order valence-corrected chi connectivity index (χ4v) is 2.87. The molecule has 0 atom stereocenters. The van der Waals surface area contributed by atoms with Gasteiger partial charge in [0.25, 0.3) is 5.92 Å². The average molecular weight is 365 g/mol. The van der Waals surface area contributed by atoms with Crippen molar-refractivity contribution in [3.05, 3.63) is 41.5 Å². The topological polar surface area (TPSA) is 55.3 Å². The largest absolute Gasteiger partial charge is 0.464 e. The van der Waals surface area contributed by atoms with E-state index in [0.717, 1.165) is 0 Å². The molecule has 0 unspecified atom stereocenters. The predicted octanol–water partition coefficient (Wildman–Crippen LogP) is 3.61. The van der Waals surface area contributed by atoms with Crippen LogP contribution in [0.1, 0.15) is 29.0 Å². The fourth-order valence-electron chi connectivity index (χ4n) is 2.87. The smallest absolute Gasteiger partial charge is 0.358 e. The summed E-state index contributed by atoms with van der Waals surface area (Å²) in [7, 11) is 1.24. The van der Waals surface area contributed by atoms with Gasteiger partial charge in [-0.1, -0.05) is 0 Å². The number of methoxy groups -OCH3 is 1. The van der Waals surface area contributed by atoms with Crippen molar-refractivity contribution >= 4 is 11.8 Å². The van der Waals surface area contributed by atoms with Crippen LogP contribution in [0.15, 0.2) is 24.3 Å². The van der Waals surface area contributed by atoms with E-state index in [1.165, 1.54) is 31.4 Å². The third-order valence-electron chi connectivity index (χ3n) is 4.34. The highest BCUT2D eigenvalue weighted by molar-refractivity contribution is 5.90. The van der Waals surface area contributed by atoms with E-state index >= 15 is 0 Å². The molecule has 26 heavy (non-hydrogen) atoms. The maximum atomic E-state index is 13.5. The van der Waals surface area contributed by atoms with Crippen molar-refractivity contribution in [1.82, 2.24) is 9.97 Å². The summed E-state index contributed by atoms with van der Waals surface area (Å²) in [6, 6.07) is 5.56. The third kappa shape index (κ3) is 3.63. The second kappa shape index (κ2) is 6.93. The first-order valence-corrected chi connectivity index (χ1v) is 8.16. The maximum Gasteiger partial charge on any atom is 0.358 e. The molecule has 0 spiro atoms. The zero-order valence-electron chi connectivity index (χ0n) is 14.4. The van der Waals surface area contributed by atoms with E-state index < -0.39 is 17.7 Å². The van der Waals surface area contributed by atoms with Crippen molar-refractivity contribution in [2.75, 3.05) is 25.1 Å². The molecule has 0 radical (unpaired) electrons. The molecular formula is C18H18F3N3O2. The van der Waals surface area contributed by atoms with E-state index in [2.05, 4.69) is 9.97 Å². The van der Waals surface area contributed by atoms with Crippen LogP contribution in [0.25, 0.3) is 11.3 Å². The van der Waals surface area contributed by atoms with Gasteiger partial charge < -0.3 is 9.64 Å². The van der Waals surface area contributed by atoms with Gasteiger partial charge in [-0.05, 0) is 31.2 Å². The summed E-state index contributed by atoms with van der Waals surface area (Å²) in [5.74, 6) is -3.35. The zero-order chi connectivity index (χ0) is 18.9. The average Bonchev–Trinajstić information content (AvgIpc) is 2.62. The first-order valence-electron chi connectivity index (χ1n) is 8.16. The molecule has 2 aromatic rings. The highest BCUT2D eigenvalue weighted by Crippen LogP contribution is 2.34. The molecular weight excluding hydrogens is 347 g/mol. The fraction of sp³-hybridized carbons (Fsp3) is 0.389. The van der Waals surface area contributed by atoms with Gasteiger partial charge in [0.2, 0.25) is 0 Å². The minimum absolute atomic E-state index is 0.0397. The van der Waals surface area contributed by atoms with Crippen LogP contribution in [0, 0.1) is 12.7 Å². The number of rotatable bonds is 3. The van der Waals surface area contributed by atoms with Crippen LogP contribution >= 0.6 is 0 Å². The maximum absolute atomic E-state index is 13.5. The van der Waals surface area contributed by atoms with Crippen molar-refractivity contribution < 1.29 is 22.7 Å². The molecule has 138 valence electrons. The lowest BCUT2D eigenvalue weighted by molar-refractivity contribution is -0.0221. The third-order valence-corrected chi connectivity index (χ3v) is 4.34. The summed E-state index contributed by atoms with van der Waals surface area (Å²) in [6.45, 7) is 1.84. The van der Waals surface area contributed by atoms with Gasteiger partial charge in [0.1, 0.15) is 11.5 Å². The minimum Gasteiger partial charge on any atom is -0.464 e. The Balaban J connectivity index is 2.09. The molecule has 1 aromatic heterocycles. The summed E-state index contributed by atoms with van der Waals surface area (Å²) < 4.78 is 45.0. The van der Waals surface area contributed by atoms with Gasteiger partial charge in [0.15, 0.2) is 11.5 Å². The number of aryl methyl sites for hydroxylation is 1. The number of carbonyl (C=O) groups is 1. The number of piperidine rings is 1. The van der Waals surface area contributed by atoms with Crippen LogP contribution in [0.3, 0.4) is 0 Å². The highest BCUT2D eigenvalue weighted by atomic mass is 19.3. The Morgan fingerprint density at radius 2 is 1.77 bits per heavy atom. The number of nitrogens with zero attached hydrogens (tertiary/aromatic N) is 3. The number of aromatic nitrogens is 2. The standard InChI is InChI=1S/C18H18F3N3O2/c1-11-14(17(25)26-2)23-15(12-3-5-13(19)6-4-12)16(22-11)24-9-7-18(20,21)8-10-24/h3-6H,7-10H2,1-2H3. The molecule has 2 heterocycles. The Morgan fingerprint density at radius 1 is 1.15 bits per heavy atom. The second-order valence-electron chi connectivity index (χ2n) is 6.17. The minimum atomic E-state index is -2.69. The Morgan fingerprint density at radius 3 is 2.35 bits per heavy atom. The number of alkyl halides is 2. The molecule has 1 saturated heterocycles. The lowest BCUT2D eigenvalue weighted by Gasteiger charge is -2.33. The predicted molar refractivity (Wildman–Crippen MR) is 89.9 cm³/mol. The van der Waals surface area contributed by atoms with Gasteiger partial charge in [0.05, 0.1) is 12.8 Å². The van der Waals surface area contributed by atoms with Crippen LogP contribution < -0.4 is 4.90 Å². The van der Waals surface area contributed by atoms with Gasteiger partial charge in [-0.25, -0.2) is 27.9 Å². The molecule has 1 aliphatic rings. The molecule has 8 heteroatoms. The Bertz CT molecular complexity index is 815. The summed E-state index contributed by atoms with van der Waals surface area (Å²) in [6.07, 6.45) is -0.565. The van der Waals surface area contributed by atoms with Gasteiger partial charge >= 0.3 is 5.97 Å². The highest BCUT2D eigenvalue weighted by Gasteiger charge is 2.35. The Hall–Kier alpha value is -2.64. The number of benzene rings is 1. The van der Waals surface area contributed by atoms with E-state index in [9.17, 15) is 18.0 Å². The molecule has 3 rings (SSSR count). The van der Waals surface area contributed by atoms with Crippen LogP contribution in [0.2, 0.25) is 0 Å². The molecule has 0 N–H and O–H groups in total. The molecule has 0 amide bonds. The van der Waals surface area contributed by atoms with Gasteiger partial charge in [-0.2, -0.15) is 0 Å². The number of hydrogen-bond acceptors (Lipinski definition) is 5. The van der Waals surface area contributed by atoms with Crippen molar-refractivity contribution in [2.45, 2.75) is 25.7 Å². The molecule has 1 fully saturated rings. The number of anilines is 1. The molecule has 0 bridgehead atoms. The number of esters is 1. The molecule has 0 saturated carbocycles. The molecule has 1 aromatic carbocycles. The normalized spacial score (nSPS) is 16.4. The van der Waals surface area contributed by atoms with Gasteiger partial charge in [-0.3, -0.25) is 0 Å². The molecule has 0 aliphatic carbocycles. The monoisotopic (exact) mass is 365 g/mol. The van der Waals surface area contributed by atoms with E-state index in [1.54, 1.807) is 11.8 Å². The van der Waals surface area contributed by atoms with Crippen LogP contribution in [-0.4, -0.2) is 42.1 Å². The summed E-state index contributed by atoms with van der Waals surface area (Å²) in [4.78, 5) is 22.5. The lowest BCUT2D eigenvalue weighted by atomic mass is 10.1. The number of carbonyl (C=O) groups excluding carboxylic acids is 1. The quantitative estimate of drug-likeness (QED) is 0.778. The number of ether oxygens (including phenoxy) is 1. The lowest BCUT2D eigenvalue weighted by Crippen LogP contribution is -2.40. The van der Waals surface area contributed by atoms with Crippen molar-refractivity contribution in [2.24, 2.45) is 0 Å². The zero-order valence-corrected chi connectivity index (χ0v) is 14.4. The van der Waals surface area contributed by atoms with E-state index in [1.807, 2.05) is 0 Å². The van der Waals surface area contributed by atoms with E-state index in [4.69, 9.17) is 4.74 Å². The Kier molecular flexibility index (Phi) is 4.84. The molecule has 5 nitrogen and oxygen atoms in total. The SMILES string of the molecule is COC(=O)c1nc(-c2ccc(F)cc2)c(N2CCC(F)(F)CC2)nc1C. The van der Waals surface area contributed by atoms with E-state index in [-0.39, 0.29) is 31.6 Å².